The lowest BCUT2D eigenvalue weighted by Gasteiger charge is -2.22. The van der Waals surface area contributed by atoms with E-state index >= 15 is 0 Å². The molecule has 0 spiro atoms. The first-order chi connectivity index (χ1) is 9.70. The molecule has 1 amide bonds. The third kappa shape index (κ3) is 4.07. The van der Waals surface area contributed by atoms with Gasteiger partial charge in [-0.3, -0.25) is 4.79 Å². The Hall–Kier alpha value is -1.36. The Morgan fingerprint density at radius 2 is 1.70 bits per heavy atom. The number of benzene rings is 2. The quantitative estimate of drug-likeness (QED) is 0.708. The molecule has 0 saturated carbocycles. The molecule has 0 bridgehead atoms. The van der Waals surface area contributed by atoms with E-state index in [1.54, 1.807) is 0 Å². The van der Waals surface area contributed by atoms with Crippen LogP contribution in [0, 0.1) is 3.57 Å². The van der Waals surface area contributed by atoms with E-state index in [1.165, 1.54) is 5.56 Å². The van der Waals surface area contributed by atoms with Crippen LogP contribution in [-0.2, 0) is 6.54 Å². The van der Waals surface area contributed by atoms with E-state index < -0.39 is 0 Å². The molecule has 0 N–H and O–H groups in total. The molecule has 2 rings (SSSR count). The van der Waals surface area contributed by atoms with Crippen molar-refractivity contribution in [3.05, 3.63) is 69.3 Å². The summed E-state index contributed by atoms with van der Waals surface area (Å²) in [5.41, 5.74) is 1.93. The number of carbonyl (C=O) groups is 1. The smallest absolute Gasteiger partial charge is 0.254 e. The molecular formula is C17H18INO. The summed E-state index contributed by atoms with van der Waals surface area (Å²) in [5, 5.41) is 0. The zero-order valence-electron chi connectivity index (χ0n) is 11.6. The van der Waals surface area contributed by atoms with Crippen LogP contribution in [0.25, 0.3) is 0 Å². The Bertz CT molecular complexity index is 551. The number of nitrogens with zero attached hydrogens (tertiary/aromatic N) is 1. The third-order valence-electron chi connectivity index (χ3n) is 3.09. The Kier molecular flexibility index (Phi) is 5.59. The van der Waals surface area contributed by atoms with Crippen molar-refractivity contribution in [3.8, 4) is 0 Å². The normalized spacial score (nSPS) is 10.3. The fourth-order valence-electron chi connectivity index (χ4n) is 2.10. The minimum absolute atomic E-state index is 0.104. The van der Waals surface area contributed by atoms with Gasteiger partial charge in [0.05, 0.1) is 0 Å². The summed E-state index contributed by atoms with van der Waals surface area (Å²) in [6, 6.07) is 17.9. The highest BCUT2D eigenvalue weighted by molar-refractivity contribution is 14.1. The second-order valence-corrected chi connectivity index (χ2v) is 5.96. The Morgan fingerprint density at radius 1 is 1.05 bits per heavy atom. The lowest BCUT2D eigenvalue weighted by molar-refractivity contribution is 0.0743. The molecule has 0 aliphatic heterocycles. The molecular weight excluding hydrogens is 361 g/mol. The molecule has 0 heterocycles. The van der Waals surface area contributed by atoms with Crippen LogP contribution in [0.3, 0.4) is 0 Å². The van der Waals surface area contributed by atoms with Crippen LogP contribution < -0.4 is 0 Å². The average molecular weight is 379 g/mol. The number of carbonyl (C=O) groups excluding carboxylic acids is 1. The predicted octanol–water partition coefficient (Wildman–Crippen LogP) is 4.34. The lowest BCUT2D eigenvalue weighted by atomic mass is 10.1. The fourth-order valence-corrected chi connectivity index (χ4v) is 2.46. The van der Waals surface area contributed by atoms with E-state index in [9.17, 15) is 4.79 Å². The molecule has 104 valence electrons. The van der Waals surface area contributed by atoms with Crippen LogP contribution in [-0.4, -0.2) is 17.4 Å². The van der Waals surface area contributed by atoms with Crippen LogP contribution in [0.4, 0.5) is 0 Å². The molecule has 2 nitrogen and oxygen atoms in total. The minimum Gasteiger partial charge on any atom is -0.334 e. The van der Waals surface area contributed by atoms with Crippen LogP contribution in [0.15, 0.2) is 54.6 Å². The third-order valence-corrected chi connectivity index (χ3v) is 3.81. The van der Waals surface area contributed by atoms with Crippen LogP contribution in [0.5, 0.6) is 0 Å². The summed E-state index contributed by atoms with van der Waals surface area (Å²) in [7, 11) is 0. The van der Waals surface area contributed by atoms with Gasteiger partial charge >= 0.3 is 0 Å². The molecule has 2 aromatic carbocycles. The van der Waals surface area contributed by atoms with Gasteiger partial charge < -0.3 is 4.90 Å². The van der Waals surface area contributed by atoms with Gasteiger partial charge in [0.1, 0.15) is 0 Å². The lowest BCUT2D eigenvalue weighted by Crippen LogP contribution is -2.31. The van der Waals surface area contributed by atoms with Gasteiger partial charge in [0.2, 0.25) is 0 Å². The molecule has 0 aromatic heterocycles. The van der Waals surface area contributed by atoms with Crippen LogP contribution in [0.1, 0.15) is 29.3 Å². The van der Waals surface area contributed by atoms with Gasteiger partial charge in [-0.2, -0.15) is 0 Å². The Balaban J connectivity index is 2.15. The SMILES string of the molecule is CCCN(Cc1ccccc1)C(=O)c1ccc(I)cc1. The van der Waals surface area contributed by atoms with Crippen LogP contribution in [0.2, 0.25) is 0 Å². The van der Waals surface area contributed by atoms with Gasteiger partial charge in [-0.1, -0.05) is 37.3 Å². The first kappa shape index (κ1) is 15.0. The van der Waals surface area contributed by atoms with Crippen molar-refractivity contribution in [2.24, 2.45) is 0 Å². The molecule has 0 saturated heterocycles. The molecule has 0 radical (unpaired) electrons. The van der Waals surface area contributed by atoms with Gasteiger partial charge in [0, 0.05) is 22.2 Å². The fraction of sp³-hybridized carbons (Fsp3) is 0.235. The van der Waals surface area contributed by atoms with E-state index in [-0.39, 0.29) is 5.91 Å². The maximum Gasteiger partial charge on any atom is 0.254 e. The second kappa shape index (κ2) is 7.43. The van der Waals surface area contributed by atoms with Gasteiger partial charge in [-0.05, 0) is 58.8 Å². The van der Waals surface area contributed by atoms with Crippen molar-refractivity contribution >= 4 is 28.5 Å². The number of halogens is 1. The molecule has 0 aliphatic rings. The standard InChI is InChI=1S/C17H18INO/c1-2-12-19(13-14-6-4-3-5-7-14)17(20)15-8-10-16(18)11-9-15/h3-11H,2,12-13H2,1H3. The summed E-state index contributed by atoms with van der Waals surface area (Å²) in [4.78, 5) is 14.5. The summed E-state index contributed by atoms with van der Waals surface area (Å²) in [5.74, 6) is 0.104. The molecule has 0 fully saturated rings. The summed E-state index contributed by atoms with van der Waals surface area (Å²) in [6.45, 7) is 3.54. The number of amides is 1. The van der Waals surface area contributed by atoms with E-state index in [2.05, 4.69) is 41.6 Å². The molecule has 0 aliphatic carbocycles. The number of hydrogen-bond acceptors (Lipinski definition) is 1. The monoisotopic (exact) mass is 379 g/mol. The molecule has 0 unspecified atom stereocenters. The van der Waals surface area contributed by atoms with Gasteiger partial charge in [0.15, 0.2) is 0 Å². The van der Waals surface area contributed by atoms with Crippen molar-refractivity contribution in [3.63, 3.8) is 0 Å². The van der Waals surface area contributed by atoms with Crippen molar-refractivity contribution in [1.82, 2.24) is 4.90 Å². The molecule has 20 heavy (non-hydrogen) atoms. The molecule has 0 atom stereocenters. The van der Waals surface area contributed by atoms with E-state index in [4.69, 9.17) is 0 Å². The zero-order valence-corrected chi connectivity index (χ0v) is 13.7. The predicted molar refractivity (Wildman–Crippen MR) is 90.6 cm³/mol. The minimum atomic E-state index is 0.104. The highest BCUT2D eigenvalue weighted by Crippen LogP contribution is 2.12. The van der Waals surface area contributed by atoms with Gasteiger partial charge in [-0.15, -0.1) is 0 Å². The second-order valence-electron chi connectivity index (χ2n) is 4.72. The Morgan fingerprint density at radius 3 is 2.30 bits per heavy atom. The van der Waals surface area contributed by atoms with E-state index in [1.807, 2.05) is 47.4 Å². The molecule has 3 heteroatoms. The van der Waals surface area contributed by atoms with Gasteiger partial charge in [-0.25, -0.2) is 0 Å². The van der Waals surface area contributed by atoms with Crippen molar-refractivity contribution in [2.45, 2.75) is 19.9 Å². The number of hydrogen-bond donors (Lipinski definition) is 0. The zero-order chi connectivity index (χ0) is 14.4. The van der Waals surface area contributed by atoms with Crippen LogP contribution >= 0.6 is 22.6 Å². The first-order valence-electron chi connectivity index (χ1n) is 6.79. The average Bonchev–Trinajstić information content (AvgIpc) is 2.48. The maximum absolute atomic E-state index is 12.6. The van der Waals surface area contributed by atoms with Crippen molar-refractivity contribution in [1.29, 1.82) is 0 Å². The Labute approximate surface area is 133 Å². The van der Waals surface area contributed by atoms with Crippen molar-refractivity contribution in [2.75, 3.05) is 6.54 Å². The highest BCUT2D eigenvalue weighted by atomic mass is 127. The first-order valence-corrected chi connectivity index (χ1v) is 7.87. The summed E-state index contributed by atoms with van der Waals surface area (Å²) >= 11 is 2.25. The topological polar surface area (TPSA) is 20.3 Å². The summed E-state index contributed by atoms with van der Waals surface area (Å²) in [6.07, 6.45) is 0.961. The number of rotatable bonds is 5. The van der Waals surface area contributed by atoms with E-state index in [0.717, 1.165) is 22.1 Å². The largest absolute Gasteiger partial charge is 0.334 e. The maximum atomic E-state index is 12.6. The summed E-state index contributed by atoms with van der Waals surface area (Å²) < 4.78 is 1.14. The van der Waals surface area contributed by atoms with Crippen molar-refractivity contribution < 1.29 is 4.79 Å². The highest BCUT2D eigenvalue weighted by Gasteiger charge is 2.15. The van der Waals surface area contributed by atoms with E-state index in [0.29, 0.717) is 6.54 Å². The molecule has 2 aromatic rings. The van der Waals surface area contributed by atoms with Gasteiger partial charge in [0.25, 0.3) is 5.91 Å².